The van der Waals surface area contributed by atoms with Crippen molar-refractivity contribution in [2.24, 2.45) is 17.8 Å². The lowest BCUT2D eigenvalue weighted by Gasteiger charge is -2.25. The fourth-order valence-corrected chi connectivity index (χ4v) is 3.25. The quantitative estimate of drug-likeness (QED) is 0.734. The van der Waals surface area contributed by atoms with Gasteiger partial charge in [-0.2, -0.15) is 5.10 Å². The summed E-state index contributed by atoms with van der Waals surface area (Å²) in [5, 5.41) is 5.28. The van der Waals surface area contributed by atoms with E-state index in [1.165, 1.54) is 5.56 Å². The van der Waals surface area contributed by atoms with Crippen molar-refractivity contribution in [1.82, 2.24) is 24.2 Å². The summed E-state index contributed by atoms with van der Waals surface area (Å²) in [6, 6.07) is 10.4. The molecule has 26 heavy (non-hydrogen) atoms. The van der Waals surface area contributed by atoms with E-state index in [2.05, 4.69) is 56.9 Å². The van der Waals surface area contributed by atoms with E-state index in [0.29, 0.717) is 12.0 Å². The molecule has 0 bridgehead atoms. The number of fused-ring (bicyclic) bond motifs is 1. The van der Waals surface area contributed by atoms with Gasteiger partial charge in [-0.1, -0.05) is 37.3 Å². The number of nitrogens with two attached hydrogens (primary N) is 1. The second kappa shape index (κ2) is 6.76. The lowest BCUT2D eigenvalue weighted by Crippen LogP contribution is -2.48. The smallest absolute Gasteiger partial charge is 0.178 e. The minimum Gasteiger partial charge on any atom is -0.342 e. The molecule has 1 unspecified atom stereocenters. The van der Waals surface area contributed by atoms with Crippen LogP contribution in [-0.4, -0.2) is 37.1 Å². The third-order valence-electron chi connectivity index (χ3n) is 4.50. The van der Waals surface area contributed by atoms with Crippen molar-refractivity contribution in [2.75, 3.05) is 6.54 Å². The van der Waals surface area contributed by atoms with Gasteiger partial charge in [0.2, 0.25) is 0 Å². The molecule has 0 amide bonds. The number of benzene rings is 1. The minimum absolute atomic E-state index is 0.385. The van der Waals surface area contributed by atoms with E-state index in [9.17, 15) is 0 Å². The zero-order valence-electron chi connectivity index (χ0n) is 15.1. The van der Waals surface area contributed by atoms with Crippen LogP contribution in [0.1, 0.15) is 18.9 Å². The Morgan fingerprint density at radius 3 is 2.69 bits per heavy atom. The molecule has 1 aromatic carbocycles. The number of rotatable bonds is 5. The molecule has 7 nitrogen and oxygen atoms in total. The van der Waals surface area contributed by atoms with Crippen LogP contribution in [0.5, 0.6) is 0 Å². The standard InChI is InChI=1S/C19H23N7/c1-3-9-25-13-16-17(23-19(25)20)22-18(15-10-21-24(2)12-15)26(16)11-14-7-5-4-6-8-14/h4-8,10,12-13,19H,3,9,11,20H2,1-2H3. The third kappa shape index (κ3) is 3.01. The number of aromatic nitrogens is 4. The lowest BCUT2D eigenvalue weighted by atomic mass is 10.2. The SMILES string of the molecule is CCCN1C=c2c(nc(-c3cnn(C)c3)n2Cc2ccccc2)=NC1N. The van der Waals surface area contributed by atoms with Crippen molar-refractivity contribution in [2.45, 2.75) is 26.2 Å². The van der Waals surface area contributed by atoms with Gasteiger partial charge in [0.15, 0.2) is 11.8 Å². The van der Waals surface area contributed by atoms with Gasteiger partial charge in [-0.25, -0.2) is 9.98 Å². The Hall–Kier alpha value is -2.93. The van der Waals surface area contributed by atoms with E-state index in [0.717, 1.165) is 29.7 Å². The van der Waals surface area contributed by atoms with Crippen LogP contribution < -0.4 is 16.6 Å². The summed E-state index contributed by atoms with van der Waals surface area (Å²) in [4.78, 5) is 11.5. The molecular weight excluding hydrogens is 326 g/mol. The van der Waals surface area contributed by atoms with Crippen LogP contribution in [0.15, 0.2) is 47.7 Å². The molecule has 0 spiro atoms. The maximum absolute atomic E-state index is 6.20. The molecule has 0 saturated carbocycles. The molecule has 1 aliphatic heterocycles. The molecule has 134 valence electrons. The Balaban J connectivity index is 1.89. The Bertz CT molecular complexity index is 1020. The molecule has 7 heteroatoms. The van der Waals surface area contributed by atoms with Gasteiger partial charge in [-0.05, 0) is 12.0 Å². The van der Waals surface area contributed by atoms with Crippen molar-refractivity contribution in [3.63, 3.8) is 0 Å². The predicted molar refractivity (Wildman–Crippen MR) is 100 cm³/mol. The maximum atomic E-state index is 6.20. The Kier molecular flexibility index (Phi) is 4.30. The topological polar surface area (TPSA) is 77.3 Å². The van der Waals surface area contributed by atoms with Gasteiger partial charge in [-0.3, -0.25) is 10.4 Å². The molecule has 0 radical (unpaired) electrons. The van der Waals surface area contributed by atoms with Crippen molar-refractivity contribution >= 4 is 6.20 Å². The average Bonchev–Trinajstić information content (AvgIpc) is 3.21. The number of nitrogens with zero attached hydrogens (tertiary/aromatic N) is 6. The molecule has 1 aliphatic rings. The normalized spacial score (nSPS) is 16.1. The summed E-state index contributed by atoms with van der Waals surface area (Å²) in [7, 11) is 1.91. The van der Waals surface area contributed by atoms with Crippen LogP contribution in [-0.2, 0) is 13.6 Å². The van der Waals surface area contributed by atoms with E-state index in [-0.39, 0.29) is 6.29 Å². The molecule has 2 aromatic heterocycles. The molecule has 3 aromatic rings. The first-order chi connectivity index (χ1) is 12.7. The highest BCUT2D eigenvalue weighted by molar-refractivity contribution is 5.53. The minimum atomic E-state index is -0.385. The second-order valence-corrected chi connectivity index (χ2v) is 6.53. The van der Waals surface area contributed by atoms with Gasteiger partial charge in [0.1, 0.15) is 11.2 Å². The maximum Gasteiger partial charge on any atom is 0.178 e. The van der Waals surface area contributed by atoms with Crippen LogP contribution in [0, 0.1) is 0 Å². The molecule has 4 rings (SSSR count). The Morgan fingerprint density at radius 1 is 1.19 bits per heavy atom. The van der Waals surface area contributed by atoms with Gasteiger partial charge in [-0.15, -0.1) is 0 Å². The third-order valence-corrected chi connectivity index (χ3v) is 4.50. The van der Waals surface area contributed by atoms with Crippen molar-refractivity contribution in [3.05, 3.63) is 59.1 Å². The van der Waals surface area contributed by atoms with Gasteiger partial charge in [0, 0.05) is 32.5 Å². The Morgan fingerprint density at radius 2 is 2.00 bits per heavy atom. The highest BCUT2D eigenvalue weighted by atomic mass is 15.3. The molecule has 2 N–H and O–H groups in total. The predicted octanol–water partition coefficient (Wildman–Crippen LogP) is 0.657. The van der Waals surface area contributed by atoms with E-state index in [1.807, 2.05) is 25.5 Å². The van der Waals surface area contributed by atoms with Crippen molar-refractivity contribution in [1.29, 1.82) is 0 Å². The van der Waals surface area contributed by atoms with Gasteiger partial charge >= 0.3 is 0 Å². The molecule has 1 atom stereocenters. The van der Waals surface area contributed by atoms with Crippen LogP contribution in [0.25, 0.3) is 17.6 Å². The highest BCUT2D eigenvalue weighted by Gasteiger charge is 2.19. The number of imidazole rings is 1. The number of hydrogen-bond donors (Lipinski definition) is 1. The first-order valence-corrected chi connectivity index (χ1v) is 8.86. The van der Waals surface area contributed by atoms with E-state index in [1.54, 1.807) is 4.68 Å². The van der Waals surface area contributed by atoms with Gasteiger partial charge in [0.25, 0.3) is 0 Å². The summed E-state index contributed by atoms with van der Waals surface area (Å²) < 4.78 is 3.98. The second-order valence-electron chi connectivity index (χ2n) is 6.53. The van der Waals surface area contributed by atoms with E-state index < -0.39 is 0 Å². The van der Waals surface area contributed by atoms with Crippen molar-refractivity contribution < 1.29 is 0 Å². The van der Waals surface area contributed by atoms with E-state index in [4.69, 9.17) is 10.7 Å². The first kappa shape index (κ1) is 16.5. The summed E-state index contributed by atoms with van der Waals surface area (Å²) in [6.07, 6.45) is 6.52. The zero-order chi connectivity index (χ0) is 18.1. The largest absolute Gasteiger partial charge is 0.342 e. The van der Waals surface area contributed by atoms with Gasteiger partial charge < -0.3 is 9.47 Å². The average molecular weight is 349 g/mol. The number of hydrogen-bond acceptors (Lipinski definition) is 5. The van der Waals surface area contributed by atoms with Crippen LogP contribution in [0.4, 0.5) is 0 Å². The molecule has 0 saturated heterocycles. The molecular formula is C19H23N7. The molecule has 0 aliphatic carbocycles. The fraction of sp³-hybridized carbons (Fsp3) is 0.316. The fourth-order valence-electron chi connectivity index (χ4n) is 3.25. The lowest BCUT2D eigenvalue weighted by molar-refractivity contribution is 0.305. The number of aryl methyl sites for hydroxylation is 1. The van der Waals surface area contributed by atoms with Crippen LogP contribution >= 0.6 is 0 Å². The van der Waals surface area contributed by atoms with E-state index >= 15 is 0 Å². The summed E-state index contributed by atoms with van der Waals surface area (Å²) in [6.45, 7) is 3.72. The zero-order valence-corrected chi connectivity index (χ0v) is 15.1. The first-order valence-electron chi connectivity index (χ1n) is 8.86. The summed E-state index contributed by atoms with van der Waals surface area (Å²) >= 11 is 0. The van der Waals surface area contributed by atoms with Crippen LogP contribution in [0.3, 0.4) is 0 Å². The summed E-state index contributed by atoms with van der Waals surface area (Å²) in [5.41, 5.74) is 9.07. The Labute approximate surface area is 152 Å². The van der Waals surface area contributed by atoms with Gasteiger partial charge in [0.05, 0.1) is 11.8 Å². The van der Waals surface area contributed by atoms with Crippen LogP contribution in [0.2, 0.25) is 0 Å². The highest BCUT2D eigenvalue weighted by Crippen LogP contribution is 2.15. The molecule has 0 fully saturated rings. The molecule has 3 heterocycles. The monoisotopic (exact) mass is 349 g/mol. The van der Waals surface area contributed by atoms with Crippen molar-refractivity contribution in [3.8, 4) is 11.4 Å². The summed E-state index contributed by atoms with van der Waals surface area (Å²) in [5.74, 6) is 0.859.